The standard InChI is InChI=1S/C10H20O3/c11-8-3-1-2-5-9-6-4-7-10(12)13-9/h9-12H,1-8H2. The van der Waals surface area contributed by atoms with E-state index in [1.54, 1.807) is 0 Å². The summed E-state index contributed by atoms with van der Waals surface area (Å²) in [5.74, 6) is 0. The summed E-state index contributed by atoms with van der Waals surface area (Å²) in [6, 6.07) is 0. The molecule has 1 aliphatic rings. The lowest BCUT2D eigenvalue weighted by Gasteiger charge is -2.26. The molecule has 0 aromatic heterocycles. The van der Waals surface area contributed by atoms with Crippen molar-refractivity contribution in [1.82, 2.24) is 0 Å². The topological polar surface area (TPSA) is 49.7 Å². The molecule has 0 aliphatic carbocycles. The highest BCUT2D eigenvalue weighted by Gasteiger charge is 2.19. The second-order valence-electron chi connectivity index (χ2n) is 3.72. The first-order valence-corrected chi connectivity index (χ1v) is 5.27. The quantitative estimate of drug-likeness (QED) is 0.642. The molecule has 3 nitrogen and oxygen atoms in total. The van der Waals surface area contributed by atoms with Gasteiger partial charge in [-0.15, -0.1) is 0 Å². The second kappa shape index (κ2) is 6.35. The van der Waals surface area contributed by atoms with Gasteiger partial charge in [0.1, 0.15) is 0 Å². The van der Waals surface area contributed by atoms with Crippen molar-refractivity contribution in [2.75, 3.05) is 6.61 Å². The summed E-state index contributed by atoms with van der Waals surface area (Å²) in [6.45, 7) is 0.286. The summed E-state index contributed by atoms with van der Waals surface area (Å²) in [6.07, 6.45) is 6.73. The molecule has 2 N–H and O–H groups in total. The molecule has 0 amide bonds. The Balaban J connectivity index is 2.00. The van der Waals surface area contributed by atoms with E-state index in [1.165, 1.54) is 0 Å². The molecule has 0 radical (unpaired) electrons. The number of hydrogen-bond acceptors (Lipinski definition) is 3. The highest BCUT2D eigenvalue weighted by molar-refractivity contribution is 4.65. The largest absolute Gasteiger partial charge is 0.396 e. The molecule has 0 saturated carbocycles. The molecule has 1 saturated heterocycles. The van der Waals surface area contributed by atoms with Crippen LogP contribution in [0.2, 0.25) is 0 Å². The van der Waals surface area contributed by atoms with Crippen molar-refractivity contribution >= 4 is 0 Å². The molecule has 1 heterocycles. The average molecular weight is 188 g/mol. The van der Waals surface area contributed by atoms with E-state index in [4.69, 9.17) is 9.84 Å². The zero-order valence-electron chi connectivity index (χ0n) is 8.11. The number of aliphatic hydroxyl groups excluding tert-OH is 2. The summed E-state index contributed by atoms with van der Waals surface area (Å²) in [4.78, 5) is 0. The second-order valence-corrected chi connectivity index (χ2v) is 3.72. The first-order valence-electron chi connectivity index (χ1n) is 5.27. The van der Waals surface area contributed by atoms with E-state index in [0.29, 0.717) is 0 Å². The van der Waals surface area contributed by atoms with Gasteiger partial charge in [-0.25, -0.2) is 0 Å². The van der Waals surface area contributed by atoms with Gasteiger partial charge in [0.15, 0.2) is 6.29 Å². The smallest absolute Gasteiger partial charge is 0.154 e. The van der Waals surface area contributed by atoms with Crippen LogP contribution in [0.5, 0.6) is 0 Å². The van der Waals surface area contributed by atoms with Crippen LogP contribution in [0.15, 0.2) is 0 Å². The van der Waals surface area contributed by atoms with Gasteiger partial charge < -0.3 is 14.9 Å². The van der Waals surface area contributed by atoms with E-state index in [1.807, 2.05) is 0 Å². The molecule has 0 bridgehead atoms. The maximum atomic E-state index is 9.22. The fourth-order valence-electron chi connectivity index (χ4n) is 1.75. The van der Waals surface area contributed by atoms with Crippen molar-refractivity contribution in [3.8, 4) is 0 Å². The molecule has 78 valence electrons. The van der Waals surface area contributed by atoms with Gasteiger partial charge in [-0.05, 0) is 32.1 Å². The Morgan fingerprint density at radius 2 is 2.00 bits per heavy atom. The van der Waals surface area contributed by atoms with Gasteiger partial charge in [-0.3, -0.25) is 0 Å². The van der Waals surface area contributed by atoms with Crippen LogP contribution in [-0.2, 0) is 4.74 Å². The van der Waals surface area contributed by atoms with Crippen molar-refractivity contribution < 1.29 is 14.9 Å². The molecule has 2 unspecified atom stereocenters. The van der Waals surface area contributed by atoms with Crippen LogP contribution >= 0.6 is 0 Å². The van der Waals surface area contributed by atoms with Gasteiger partial charge in [-0.2, -0.15) is 0 Å². The minimum atomic E-state index is -0.531. The summed E-state index contributed by atoms with van der Waals surface area (Å²) < 4.78 is 5.36. The minimum absolute atomic E-state index is 0.252. The molecule has 0 aromatic rings. The first kappa shape index (κ1) is 11.0. The predicted molar refractivity (Wildman–Crippen MR) is 50.3 cm³/mol. The molecule has 0 spiro atoms. The van der Waals surface area contributed by atoms with Crippen molar-refractivity contribution in [2.24, 2.45) is 0 Å². The molecule has 1 aliphatic heterocycles. The molecule has 3 heteroatoms. The van der Waals surface area contributed by atoms with E-state index < -0.39 is 6.29 Å². The summed E-state index contributed by atoms with van der Waals surface area (Å²) in [5.41, 5.74) is 0. The van der Waals surface area contributed by atoms with Gasteiger partial charge >= 0.3 is 0 Å². The van der Waals surface area contributed by atoms with Gasteiger partial charge in [-0.1, -0.05) is 12.8 Å². The van der Waals surface area contributed by atoms with Crippen LogP contribution in [0.25, 0.3) is 0 Å². The van der Waals surface area contributed by atoms with Crippen molar-refractivity contribution in [2.45, 2.75) is 57.3 Å². The predicted octanol–water partition coefficient (Wildman–Crippen LogP) is 1.43. The van der Waals surface area contributed by atoms with E-state index in [-0.39, 0.29) is 12.7 Å². The number of aliphatic hydroxyl groups is 2. The first-order chi connectivity index (χ1) is 6.33. The fourth-order valence-corrected chi connectivity index (χ4v) is 1.75. The van der Waals surface area contributed by atoms with Crippen LogP contribution < -0.4 is 0 Å². The van der Waals surface area contributed by atoms with E-state index in [0.717, 1.165) is 44.9 Å². The fraction of sp³-hybridized carbons (Fsp3) is 1.00. The zero-order chi connectivity index (χ0) is 9.52. The van der Waals surface area contributed by atoms with Crippen LogP contribution in [0.3, 0.4) is 0 Å². The van der Waals surface area contributed by atoms with Gasteiger partial charge in [0.05, 0.1) is 6.10 Å². The van der Waals surface area contributed by atoms with Crippen LogP contribution in [0, 0.1) is 0 Å². The SMILES string of the molecule is OCCCCCC1CCCC(O)O1. The van der Waals surface area contributed by atoms with Crippen LogP contribution in [-0.4, -0.2) is 29.2 Å². The van der Waals surface area contributed by atoms with Crippen LogP contribution in [0.1, 0.15) is 44.9 Å². The van der Waals surface area contributed by atoms with Crippen molar-refractivity contribution in [3.05, 3.63) is 0 Å². The van der Waals surface area contributed by atoms with E-state index in [2.05, 4.69) is 0 Å². The minimum Gasteiger partial charge on any atom is -0.396 e. The third-order valence-electron chi connectivity index (χ3n) is 2.51. The molecular weight excluding hydrogens is 168 g/mol. The Kier molecular flexibility index (Phi) is 5.35. The molecule has 2 atom stereocenters. The number of ether oxygens (including phenoxy) is 1. The van der Waals surface area contributed by atoms with Gasteiger partial charge in [0, 0.05) is 6.61 Å². The highest BCUT2D eigenvalue weighted by Crippen LogP contribution is 2.21. The maximum absolute atomic E-state index is 9.22. The third kappa shape index (κ3) is 4.60. The monoisotopic (exact) mass is 188 g/mol. The van der Waals surface area contributed by atoms with Crippen LogP contribution in [0.4, 0.5) is 0 Å². The molecule has 13 heavy (non-hydrogen) atoms. The Morgan fingerprint density at radius 1 is 1.15 bits per heavy atom. The Morgan fingerprint density at radius 3 is 2.69 bits per heavy atom. The van der Waals surface area contributed by atoms with Gasteiger partial charge in [0.25, 0.3) is 0 Å². The lowest BCUT2D eigenvalue weighted by atomic mass is 10.0. The van der Waals surface area contributed by atoms with E-state index >= 15 is 0 Å². The lowest BCUT2D eigenvalue weighted by Crippen LogP contribution is -2.27. The van der Waals surface area contributed by atoms with E-state index in [9.17, 15) is 5.11 Å². The molecule has 0 aromatic carbocycles. The number of unbranched alkanes of at least 4 members (excludes halogenated alkanes) is 2. The average Bonchev–Trinajstić information content (AvgIpc) is 2.13. The number of hydrogen-bond donors (Lipinski definition) is 2. The third-order valence-corrected chi connectivity index (χ3v) is 2.51. The molecule has 1 fully saturated rings. The zero-order valence-corrected chi connectivity index (χ0v) is 8.11. The summed E-state index contributed by atoms with van der Waals surface area (Å²) in [5, 5.41) is 17.8. The molecule has 1 rings (SSSR count). The lowest BCUT2D eigenvalue weighted by molar-refractivity contribution is -0.164. The Labute approximate surface area is 79.7 Å². The highest BCUT2D eigenvalue weighted by atomic mass is 16.6. The van der Waals surface area contributed by atoms with Crippen molar-refractivity contribution in [3.63, 3.8) is 0 Å². The maximum Gasteiger partial charge on any atom is 0.154 e. The normalized spacial score (nSPS) is 29.1. The summed E-state index contributed by atoms with van der Waals surface area (Å²) >= 11 is 0. The van der Waals surface area contributed by atoms with Gasteiger partial charge in [0.2, 0.25) is 0 Å². The Bertz CT molecular complexity index is 127. The van der Waals surface area contributed by atoms with Crippen molar-refractivity contribution in [1.29, 1.82) is 0 Å². The Hall–Kier alpha value is -0.120. The summed E-state index contributed by atoms with van der Waals surface area (Å²) in [7, 11) is 0. The molecular formula is C10H20O3. The number of rotatable bonds is 5.